The number of rotatable bonds is 6. The van der Waals surface area contributed by atoms with E-state index in [-0.39, 0.29) is 10.5 Å². The summed E-state index contributed by atoms with van der Waals surface area (Å²) in [5, 5.41) is 3.18. The van der Waals surface area contributed by atoms with Crippen molar-refractivity contribution in [2.45, 2.75) is 19.9 Å². The van der Waals surface area contributed by atoms with Crippen LogP contribution in [-0.2, 0) is 4.74 Å². The summed E-state index contributed by atoms with van der Waals surface area (Å²) in [5.41, 5.74) is 0.666. The Morgan fingerprint density at radius 2 is 2.06 bits per heavy atom. The molecule has 0 spiro atoms. The molecular formula is C12H16BrF2NO. The van der Waals surface area contributed by atoms with Crippen molar-refractivity contribution >= 4 is 15.9 Å². The van der Waals surface area contributed by atoms with Gasteiger partial charge in [0.05, 0.1) is 17.1 Å². The van der Waals surface area contributed by atoms with Crippen LogP contribution in [0.15, 0.2) is 16.6 Å². The van der Waals surface area contributed by atoms with Gasteiger partial charge in [0.25, 0.3) is 0 Å². The van der Waals surface area contributed by atoms with Crippen molar-refractivity contribution < 1.29 is 13.5 Å². The molecule has 0 aliphatic rings. The van der Waals surface area contributed by atoms with Crippen LogP contribution >= 0.6 is 15.9 Å². The first-order valence-electron chi connectivity index (χ1n) is 5.56. The molecule has 0 bridgehead atoms. The molecule has 0 saturated carbocycles. The molecule has 0 amide bonds. The average Bonchev–Trinajstić information content (AvgIpc) is 2.32. The smallest absolute Gasteiger partial charge is 0.173 e. The standard InChI is InChI=1S/C12H16BrF2NO/c1-3-16-10(7-17-4-2)8-5-6-9(14)12(15)11(8)13/h5-6,10,16H,3-4,7H2,1-2H3. The maximum atomic E-state index is 13.4. The van der Waals surface area contributed by atoms with E-state index in [0.717, 1.165) is 12.6 Å². The van der Waals surface area contributed by atoms with Crippen molar-refractivity contribution in [3.63, 3.8) is 0 Å². The molecule has 1 rings (SSSR count). The van der Waals surface area contributed by atoms with Crippen LogP contribution in [0.25, 0.3) is 0 Å². The van der Waals surface area contributed by atoms with E-state index in [1.807, 2.05) is 13.8 Å². The molecule has 1 aromatic carbocycles. The van der Waals surface area contributed by atoms with Crippen LogP contribution in [0.2, 0.25) is 0 Å². The van der Waals surface area contributed by atoms with Gasteiger partial charge in [-0.2, -0.15) is 0 Å². The van der Waals surface area contributed by atoms with E-state index in [1.54, 1.807) is 6.07 Å². The molecule has 1 N–H and O–H groups in total. The lowest BCUT2D eigenvalue weighted by atomic mass is 10.1. The van der Waals surface area contributed by atoms with Gasteiger partial charge in [0, 0.05) is 6.61 Å². The molecule has 17 heavy (non-hydrogen) atoms. The van der Waals surface area contributed by atoms with Crippen LogP contribution in [0.5, 0.6) is 0 Å². The van der Waals surface area contributed by atoms with Gasteiger partial charge in [0.1, 0.15) is 0 Å². The topological polar surface area (TPSA) is 21.3 Å². The second-order valence-corrected chi connectivity index (χ2v) is 4.33. The molecule has 1 aromatic rings. The van der Waals surface area contributed by atoms with Crippen LogP contribution < -0.4 is 5.32 Å². The van der Waals surface area contributed by atoms with Crippen molar-refractivity contribution in [2.75, 3.05) is 19.8 Å². The van der Waals surface area contributed by atoms with Gasteiger partial charge >= 0.3 is 0 Å². The van der Waals surface area contributed by atoms with Gasteiger partial charge in [-0.05, 0) is 41.0 Å². The van der Waals surface area contributed by atoms with E-state index in [4.69, 9.17) is 4.74 Å². The average molecular weight is 308 g/mol. The quantitative estimate of drug-likeness (QED) is 0.813. The Morgan fingerprint density at radius 1 is 1.35 bits per heavy atom. The molecule has 0 aromatic heterocycles. The first-order chi connectivity index (χ1) is 8.11. The number of hydrogen-bond donors (Lipinski definition) is 1. The highest BCUT2D eigenvalue weighted by atomic mass is 79.9. The lowest BCUT2D eigenvalue weighted by Crippen LogP contribution is -2.26. The molecule has 0 aliphatic heterocycles. The zero-order chi connectivity index (χ0) is 12.8. The minimum atomic E-state index is -0.859. The van der Waals surface area contributed by atoms with E-state index in [2.05, 4.69) is 21.2 Å². The Balaban J connectivity index is 2.97. The van der Waals surface area contributed by atoms with Crippen LogP contribution in [0.1, 0.15) is 25.5 Å². The minimum Gasteiger partial charge on any atom is -0.380 e. The van der Waals surface area contributed by atoms with Gasteiger partial charge in [0.2, 0.25) is 0 Å². The van der Waals surface area contributed by atoms with Gasteiger partial charge in [-0.15, -0.1) is 0 Å². The van der Waals surface area contributed by atoms with Crippen LogP contribution in [0.3, 0.4) is 0 Å². The molecule has 1 atom stereocenters. The highest BCUT2D eigenvalue weighted by Gasteiger charge is 2.18. The molecule has 2 nitrogen and oxygen atoms in total. The summed E-state index contributed by atoms with van der Waals surface area (Å²) in [6.07, 6.45) is 0. The first-order valence-corrected chi connectivity index (χ1v) is 6.35. The maximum Gasteiger partial charge on any atom is 0.173 e. The number of halogens is 3. The fourth-order valence-electron chi connectivity index (χ4n) is 1.55. The van der Waals surface area contributed by atoms with E-state index in [9.17, 15) is 8.78 Å². The van der Waals surface area contributed by atoms with Crippen molar-refractivity contribution in [3.8, 4) is 0 Å². The Kier molecular flexibility index (Phi) is 6.02. The summed E-state index contributed by atoms with van der Waals surface area (Å²) in [6.45, 7) is 5.58. The summed E-state index contributed by atoms with van der Waals surface area (Å²) in [4.78, 5) is 0. The monoisotopic (exact) mass is 307 g/mol. The number of hydrogen-bond acceptors (Lipinski definition) is 2. The molecule has 0 saturated heterocycles. The predicted octanol–water partition coefficient (Wildman–Crippen LogP) is 3.41. The Hall–Kier alpha value is -0.520. The van der Waals surface area contributed by atoms with Gasteiger partial charge in [-0.3, -0.25) is 0 Å². The summed E-state index contributed by atoms with van der Waals surface area (Å²) in [6, 6.07) is 2.55. The maximum absolute atomic E-state index is 13.4. The van der Waals surface area contributed by atoms with E-state index < -0.39 is 11.6 Å². The number of nitrogens with one attached hydrogen (secondary N) is 1. The van der Waals surface area contributed by atoms with Gasteiger partial charge in [0.15, 0.2) is 11.6 Å². The first kappa shape index (κ1) is 14.5. The normalized spacial score (nSPS) is 12.8. The van der Waals surface area contributed by atoms with Crippen LogP contribution in [0, 0.1) is 11.6 Å². The SMILES string of the molecule is CCNC(COCC)c1ccc(F)c(F)c1Br. The lowest BCUT2D eigenvalue weighted by Gasteiger charge is -2.19. The third-order valence-corrected chi connectivity index (χ3v) is 3.19. The molecular weight excluding hydrogens is 292 g/mol. The van der Waals surface area contributed by atoms with Gasteiger partial charge < -0.3 is 10.1 Å². The molecule has 0 radical (unpaired) electrons. The highest BCUT2D eigenvalue weighted by molar-refractivity contribution is 9.10. The Morgan fingerprint density at radius 3 is 2.65 bits per heavy atom. The van der Waals surface area contributed by atoms with Crippen LogP contribution in [-0.4, -0.2) is 19.8 Å². The Labute approximate surface area is 108 Å². The van der Waals surface area contributed by atoms with Crippen LogP contribution in [0.4, 0.5) is 8.78 Å². The summed E-state index contributed by atoms with van der Waals surface area (Å²) in [7, 11) is 0. The fraction of sp³-hybridized carbons (Fsp3) is 0.500. The van der Waals surface area contributed by atoms with Gasteiger partial charge in [-0.1, -0.05) is 13.0 Å². The zero-order valence-corrected chi connectivity index (χ0v) is 11.5. The van der Waals surface area contributed by atoms with Crippen molar-refractivity contribution in [1.82, 2.24) is 5.32 Å². The number of ether oxygens (including phenoxy) is 1. The molecule has 5 heteroatoms. The molecule has 0 heterocycles. The Bertz CT molecular complexity index is 374. The van der Waals surface area contributed by atoms with Crippen molar-refractivity contribution in [3.05, 3.63) is 33.8 Å². The van der Waals surface area contributed by atoms with Crippen molar-refractivity contribution in [2.24, 2.45) is 0 Å². The van der Waals surface area contributed by atoms with E-state index in [1.165, 1.54) is 0 Å². The van der Waals surface area contributed by atoms with Gasteiger partial charge in [-0.25, -0.2) is 8.78 Å². The number of benzene rings is 1. The lowest BCUT2D eigenvalue weighted by molar-refractivity contribution is 0.123. The van der Waals surface area contributed by atoms with E-state index in [0.29, 0.717) is 18.8 Å². The third kappa shape index (κ3) is 3.72. The molecule has 0 aliphatic carbocycles. The minimum absolute atomic E-state index is 0.149. The summed E-state index contributed by atoms with van der Waals surface area (Å²) >= 11 is 3.08. The summed E-state index contributed by atoms with van der Waals surface area (Å²) in [5.74, 6) is -1.71. The fourth-order valence-corrected chi connectivity index (χ4v) is 2.15. The largest absolute Gasteiger partial charge is 0.380 e. The highest BCUT2D eigenvalue weighted by Crippen LogP contribution is 2.28. The molecule has 0 fully saturated rings. The van der Waals surface area contributed by atoms with E-state index >= 15 is 0 Å². The summed E-state index contributed by atoms with van der Waals surface area (Å²) < 4.78 is 31.9. The number of likely N-dealkylation sites (N-methyl/N-ethyl adjacent to an activating group) is 1. The second-order valence-electron chi connectivity index (χ2n) is 3.53. The second kappa shape index (κ2) is 7.03. The molecule has 1 unspecified atom stereocenters. The zero-order valence-electron chi connectivity index (χ0n) is 9.90. The molecule has 96 valence electrons. The predicted molar refractivity (Wildman–Crippen MR) is 67.0 cm³/mol. The third-order valence-electron chi connectivity index (χ3n) is 2.38. The van der Waals surface area contributed by atoms with Crippen molar-refractivity contribution in [1.29, 1.82) is 0 Å².